The number of amides is 1. The lowest BCUT2D eigenvalue weighted by Crippen LogP contribution is -2.42. The number of nitrogens with one attached hydrogen (secondary N) is 1. The second-order valence-corrected chi connectivity index (χ2v) is 7.47. The molecule has 1 saturated heterocycles. The highest BCUT2D eigenvalue weighted by Crippen LogP contribution is 2.26. The van der Waals surface area contributed by atoms with Crippen molar-refractivity contribution in [2.75, 3.05) is 31.9 Å². The molecule has 1 fully saturated rings. The zero-order valence-corrected chi connectivity index (χ0v) is 15.3. The highest BCUT2D eigenvalue weighted by atomic mass is 32.2. The van der Waals surface area contributed by atoms with Gasteiger partial charge in [0.15, 0.2) is 0 Å². The summed E-state index contributed by atoms with van der Waals surface area (Å²) in [6.07, 6.45) is 4.16. The molecule has 25 heavy (non-hydrogen) atoms. The Balaban J connectivity index is 1.37. The number of piperidine rings is 1. The third-order valence-corrected chi connectivity index (χ3v) is 5.40. The van der Waals surface area contributed by atoms with Crippen molar-refractivity contribution in [3.63, 3.8) is 0 Å². The quantitative estimate of drug-likeness (QED) is 0.612. The predicted octanol–water partition coefficient (Wildman–Crippen LogP) is 3.17. The van der Waals surface area contributed by atoms with Gasteiger partial charge in [-0.1, -0.05) is 36.4 Å². The number of carbonyl (C=O) groups is 1. The number of aromatic nitrogens is 1. The van der Waals surface area contributed by atoms with E-state index in [1.165, 1.54) is 12.0 Å². The number of benzene rings is 1. The van der Waals surface area contributed by atoms with E-state index in [0.717, 1.165) is 30.3 Å². The predicted molar refractivity (Wildman–Crippen MR) is 103 cm³/mol. The minimum absolute atomic E-state index is 0.121. The Morgan fingerprint density at radius 1 is 1.20 bits per heavy atom. The smallest absolute Gasteiger partial charge is 0.234 e. The van der Waals surface area contributed by atoms with Gasteiger partial charge in [0.05, 0.1) is 11.6 Å². The van der Waals surface area contributed by atoms with Crippen molar-refractivity contribution in [2.45, 2.75) is 23.8 Å². The minimum Gasteiger partial charge on any atom is -0.354 e. The van der Waals surface area contributed by atoms with Crippen LogP contribution in [0.5, 0.6) is 0 Å². The van der Waals surface area contributed by atoms with Gasteiger partial charge in [-0.25, -0.2) is 4.98 Å². The van der Waals surface area contributed by atoms with E-state index in [1.807, 2.05) is 18.2 Å². The first kappa shape index (κ1) is 18.0. The molecule has 4 nitrogen and oxygen atoms in total. The summed E-state index contributed by atoms with van der Waals surface area (Å²) in [6.45, 7) is 3.16. The van der Waals surface area contributed by atoms with Crippen LogP contribution in [0.4, 0.5) is 0 Å². The molecule has 1 aromatic heterocycles. The maximum Gasteiger partial charge on any atom is 0.234 e. The SMILES string of the molecule is O=C(CN1CCC[C@H](c2ccccc2)C1)NCCSc1ccccn1. The summed E-state index contributed by atoms with van der Waals surface area (Å²) in [5, 5.41) is 4.02. The molecule has 0 aliphatic carbocycles. The average molecular weight is 356 g/mol. The van der Waals surface area contributed by atoms with E-state index < -0.39 is 0 Å². The number of nitrogens with zero attached hydrogens (tertiary/aromatic N) is 2. The van der Waals surface area contributed by atoms with Crippen molar-refractivity contribution in [3.05, 3.63) is 60.3 Å². The van der Waals surface area contributed by atoms with Gasteiger partial charge in [0, 0.05) is 25.0 Å². The van der Waals surface area contributed by atoms with Crippen molar-refractivity contribution in [3.8, 4) is 0 Å². The Morgan fingerprint density at radius 2 is 2.04 bits per heavy atom. The lowest BCUT2D eigenvalue weighted by atomic mass is 9.91. The fourth-order valence-corrected chi connectivity index (χ4v) is 3.96. The molecule has 5 heteroatoms. The van der Waals surface area contributed by atoms with E-state index in [9.17, 15) is 4.79 Å². The summed E-state index contributed by atoms with van der Waals surface area (Å²) in [4.78, 5) is 18.7. The van der Waals surface area contributed by atoms with Crippen LogP contribution < -0.4 is 5.32 Å². The molecule has 1 aromatic carbocycles. The Labute approximate surface area is 154 Å². The van der Waals surface area contributed by atoms with Crippen LogP contribution in [0.15, 0.2) is 59.8 Å². The third-order valence-electron chi connectivity index (χ3n) is 4.46. The summed E-state index contributed by atoms with van der Waals surface area (Å²) in [6, 6.07) is 16.5. The molecule has 0 bridgehead atoms. The molecule has 3 rings (SSSR count). The fraction of sp³-hybridized carbons (Fsp3) is 0.400. The molecule has 0 radical (unpaired) electrons. The third kappa shape index (κ3) is 5.87. The first-order valence-electron chi connectivity index (χ1n) is 8.89. The Hall–Kier alpha value is -1.85. The van der Waals surface area contributed by atoms with Crippen LogP contribution in [0, 0.1) is 0 Å². The number of hydrogen-bond acceptors (Lipinski definition) is 4. The van der Waals surface area contributed by atoms with Crippen LogP contribution in [-0.2, 0) is 4.79 Å². The van der Waals surface area contributed by atoms with Crippen molar-refractivity contribution < 1.29 is 4.79 Å². The number of carbonyl (C=O) groups excluding carboxylic acids is 1. The maximum absolute atomic E-state index is 12.2. The first-order chi connectivity index (χ1) is 12.3. The van der Waals surface area contributed by atoms with Crippen molar-refractivity contribution >= 4 is 17.7 Å². The summed E-state index contributed by atoms with van der Waals surface area (Å²) in [7, 11) is 0. The van der Waals surface area contributed by atoms with Gasteiger partial charge in [0.25, 0.3) is 0 Å². The zero-order valence-electron chi connectivity index (χ0n) is 14.4. The number of pyridine rings is 1. The van der Waals surface area contributed by atoms with Gasteiger partial charge < -0.3 is 5.32 Å². The zero-order chi connectivity index (χ0) is 17.3. The van der Waals surface area contributed by atoms with Gasteiger partial charge in [0.2, 0.25) is 5.91 Å². The molecule has 2 aromatic rings. The number of hydrogen-bond donors (Lipinski definition) is 1. The first-order valence-corrected chi connectivity index (χ1v) is 9.87. The van der Waals surface area contributed by atoms with Crippen LogP contribution in [-0.4, -0.2) is 47.7 Å². The fourth-order valence-electron chi connectivity index (χ4n) is 3.23. The van der Waals surface area contributed by atoms with Crippen molar-refractivity contribution in [2.24, 2.45) is 0 Å². The Morgan fingerprint density at radius 3 is 2.84 bits per heavy atom. The van der Waals surface area contributed by atoms with Gasteiger partial charge in [0.1, 0.15) is 0 Å². The molecule has 0 saturated carbocycles. The molecule has 132 valence electrons. The molecule has 1 atom stereocenters. The maximum atomic E-state index is 12.2. The van der Waals surface area contributed by atoms with E-state index in [0.29, 0.717) is 19.0 Å². The highest BCUT2D eigenvalue weighted by molar-refractivity contribution is 7.99. The summed E-state index contributed by atoms with van der Waals surface area (Å²) >= 11 is 1.67. The molecule has 0 spiro atoms. The number of thioether (sulfide) groups is 1. The molecule has 1 aliphatic heterocycles. The van der Waals surface area contributed by atoms with Crippen molar-refractivity contribution in [1.82, 2.24) is 15.2 Å². The van der Waals surface area contributed by atoms with E-state index in [-0.39, 0.29) is 5.91 Å². The largest absolute Gasteiger partial charge is 0.354 e. The van der Waals surface area contributed by atoms with E-state index in [4.69, 9.17) is 0 Å². The van der Waals surface area contributed by atoms with Crippen LogP contribution in [0.1, 0.15) is 24.3 Å². The van der Waals surface area contributed by atoms with Gasteiger partial charge in [-0.15, -0.1) is 11.8 Å². The molecular formula is C20H25N3OS. The Kier molecular flexibility index (Phi) is 6.89. The highest BCUT2D eigenvalue weighted by Gasteiger charge is 2.22. The van der Waals surface area contributed by atoms with Crippen LogP contribution >= 0.6 is 11.8 Å². The van der Waals surface area contributed by atoms with E-state index in [1.54, 1.807) is 18.0 Å². The number of rotatable bonds is 7. The van der Waals surface area contributed by atoms with E-state index >= 15 is 0 Å². The van der Waals surface area contributed by atoms with Gasteiger partial charge >= 0.3 is 0 Å². The summed E-state index contributed by atoms with van der Waals surface area (Å²) in [5.74, 6) is 1.51. The van der Waals surface area contributed by atoms with Crippen molar-refractivity contribution in [1.29, 1.82) is 0 Å². The number of likely N-dealkylation sites (tertiary alicyclic amines) is 1. The monoisotopic (exact) mass is 355 g/mol. The second-order valence-electron chi connectivity index (χ2n) is 6.35. The van der Waals surface area contributed by atoms with Crippen LogP contribution in [0.3, 0.4) is 0 Å². The van der Waals surface area contributed by atoms with Crippen LogP contribution in [0.25, 0.3) is 0 Å². The van der Waals surface area contributed by atoms with Gasteiger partial charge in [-0.2, -0.15) is 0 Å². The Bertz CT molecular complexity index is 651. The minimum atomic E-state index is 0.121. The molecule has 1 aliphatic rings. The molecule has 2 heterocycles. The summed E-state index contributed by atoms with van der Waals surface area (Å²) in [5.41, 5.74) is 1.39. The van der Waals surface area contributed by atoms with E-state index in [2.05, 4.69) is 45.5 Å². The lowest BCUT2D eigenvalue weighted by Gasteiger charge is -2.32. The molecular weight excluding hydrogens is 330 g/mol. The molecule has 1 amide bonds. The molecule has 1 N–H and O–H groups in total. The summed E-state index contributed by atoms with van der Waals surface area (Å²) < 4.78 is 0. The van der Waals surface area contributed by atoms with Gasteiger partial charge in [-0.3, -0.25) is 9.69 Å². The normalized spacial score (nSPS) is 18.0. The average Bonchev–Trinajstić information content (AvgIpc) is 2.67. The second kappa shape index (κ2) is 9.59. The molecule has 0 unspecified atom stereocenters. The lowest BCUT2D eigenvalue weighted by molar-refractivity contribution is -0.122. The topological polar surface area (TPSA) is 45.2 Å². The van der Waals surface area contributed by atoms with Crippen LogP contribution in [0.2, 0.25) is 0 Å². The standard InChI is InChI=1S/C20H25N3OS/c24-19(21-12-14-25-20-10-4-5-11-22-20)16-23-13-6-9-18(15-23)17-7-2-1-3-8-17/h1-5,7-8,10-11,18H,6,9,12-16H2,(H,21,24)/t18-/m0/s1. The van der Waals surface area contributed by atoms with Gasteiger partial charge in [-0.05, 0) is 43.0 Å².